The molecule has 0 atom stereocenters. The summed E-state index contributed by atoms with van der Waals surface area (Å²) in [7, 11) is 4.04. The number of hydrogen-bond acceptors (Lipinski definition) is 11. The van der Waals surface area contributed by atoms with Crippen LogP contribution < -0.4 is 16.2 Å². The van der Waals surface area contributed by atoms with E-state index in [0.29, 0.717) is 19.6 Å². The van der Waals surface area contributed by atoms with Gasteiger partial charge in [0.2, 0.25) is 0 Å². The molecule has 4 rings (SSSR count). The van der Waals surface area contributed by atoms with Gasteiger partial charge in [0.25, 0.3) is 0 Å². The second-order valence-electron chi connectivity index (χ2n) is 9.09. The molecule has 37 heavy (non-hydrogen) atoms. The number of aromatic nitrogens is 7. The summed E-state index contributed by atoms with van der Waals surface area (Å²) in [6, 6.07) is 0.251. The highest BCUT2D eigenvalue weighted by Gasteiger charge is 2.20. The van der Waals surface area contributed by atoms with Crippen molar-refractivity contribution < 1.29 is 9.26 Å². The summed E-state index contributed by atoms with van der Waals surface area (Å²) in [6.07, 6.45) is 7.20. The number of hydrogen-bond donors (Lipinski definition) is 3. The molecule has 0 saturated heterocycles. The molecule has 0 aliphatic rings. The predicted octanol–water partition coefficient (Wildman–Crippen LogP) is 1.15. The molecule has 13 heteroatoms. The van der Waals surface area contributed by atoms with Crippen LogP contribution in [0.4, 0.5) is 0 Å². The number of aromatic amines is 1. The van der Waals surface area contributed by atoms with E-state index >= 15 is 0 Å². The Labute approximate surface area is 215 Å². The van der Waals surface area contributed by atoms with Crippen LogP contribution in [0.3, 0.4) is 0 Å². The molecule has 4 aromatic heterocycles. The van der Waals surface area contributed by atoms with Gasteiger partial charge in [-0.1, -0.05) is 5.16 Å². The Balaban J connectivity index is 1.47. The first-order valence-electron chi connectivity index (χ1n) is 12.1. The molecule has 0 saturated carbocycles. The van der Waals surface area contributed by atoms with Gasteiger partial charge in [0.05, 0.1) is 23.1 Å². The molecule has 0 amide bonds. The van der Waals surface area contributed by atoms with Crippen molar-refractivity contribution in [2.45, 2.75) is 33.7 Å². The van der Waals surface area contributed by atoms with Gasteiger partial charge in [0, 0.05) is 74.5 Å². The third kappa shape index (κ3) is 6.38. The number of nitrogens with zero attached hydrogens (tertiary/aromatic N) is 8. The average molecular weight is 510 g/mol. The maximum Gasteiger partial charge on any atom is 0.318 e. The summed E-state index contributed by atoms with van der Waals surface area (Å²) in [5, 5.41) is 16.1. The smallest absolute Gasteiger partial charge is 0.318 e. The van der Waals surface area contributed by atoms with Gasteiger partial charge in [-0.2, -0.15) is 10.2 Å². The van der Waals surface area contributed by atoms with Crippen LogP contribution in [0.15, 0.2) is 29.3 Å². The lowest BCUT2D eigenvalue weighted by molar-refractivity contribution is 0.203. The number of H-pyrrole nitrogens is 1. The lowest BCUT2D eigenvalue weighted by atomic mass is 10.1. The van der Waals surface area contributed by atoms with Crippen molar-refractivity contribution in [1.82, 2.24) is 44.9 Å². The van der Waals surface area contributed by atoms with E-state index in [2.05, 4.69) is 35.1 Å². The Morgan fingerprint density at radius 1 is 1.00 bits per heavy atom. The average Bonchev–Trinajstić information content (AvgIpc) is 3.57. The fourth-order valence-electron chi connectivity index (χ4n) is 4.18. The molecular weight excluding hydrogens is 474 g/mol. The van der Waals surface area contributed by atoms with Crippen molar-refractivity contribution in [2.75, 3.05) is 40.3 Å². The minimum absolute atomic E-state index is 0.148. The van der Waals surface area contributed by atoms with Gasteiger partial charge in [-0.3, -0.25) is 5.10 Å². The summed E-state index contributed by atoms with van der Waals surface area (Å²) in [5.74, 6) is 0.720. The minimum atomic E-state index is 0.148. The van der Waals surface area contributed by atoms with Crippen molar-refractivity contribution in [3.63, 3.8) is 0 Å². The van der Waals surface area contributed by atoms with Crippen molar-refractivity contribution in [1.29, 1.82) is 0 Å². The molecule has 0 aromatic carbocycles. The van der Waals surface area contributed by atoms with E-state index in [1.807, 2.05) is 40.3 Å². The Morgan fingerprint density at radius 2 is 1.68 bits per heavy atom. The Hall–Kier alpha value is -3.65. The summed E-state index contributed by atoms with van der Waals surface area (Å²) in [4.78, 5) is 13.0. The van der Waals surface area contributed by atoms with Gasteiger partial charge in [-0.25, -0.2) is 14.6 Å². The van der Waals surface area contributed by atoms with Gasteiger partial charge < -0.3 is 30.5 Å². The lowest BCUT2D eigenvalue weighted by Gasteiger charge is -2.15. The van der Waals surface area contributed by atoms with Crippen LogP contribution in [0.5, 0.6) is 6.01 Å². The highest BCUT2D eigenvalue weighted by Crippen LogP contribution is 2.29. The summed E-state index contributed by atoms with van der Waals surface area (Å²) in [5.41, 5.74) is 17.6. The zero-order valence-electron chi connectivity index (χ0n) is 21.8. The van der Waals surface area contributed by atoms with Gasteiger partial charge >= 0.3 is 6.01 Å². The maximum absolute atomic E-state index is 5.85. The van der Waals surface area contributed by atoms with E-state index in [1.54, 1.807) is 17.1 Å². The van der Waals surface area contributed by atoms with Crippen molar-refractivity contribution in [2.24, 2.45) is 11.5 Å². The number of ether oxygens (including phenoxy) is 1. The van der Waals surface area contributed by atoms with E-state index in [4.69, 9.17) is 25.8 Å². The van der Waals surface area contributed by atoms with E-state index in [0.717, 1.165) is 64.7 Å². The normalized spacial score (nSPS) is 11.7. The van der Waals surface area contributed by atoms with Crippen molar-refractivity contribution in [3.05, 3.63) is 47.4 Å². The highest BCUT2D eigenvalue weighted by atomic mass is 16.5. The van der Waals surface area contributed by atoms with Gasteiger partial charge in [-0.05, 0) is 27.9 Å². The number of nitrogens with two attached hydrogens (primary N) is 2. The Morgan fingerprint density at radius 3 is 2.30 bits per heavy atom. The molecule has 0 spiro atoms. The first-order chi connectivity index (χ1) is 17.9. The summed E-state index contributed by atoms with van der Waals surface area (Å²) in [6.45, 7) is 8.07. The van der Waals surface area contributed by atoms with Gasteiger partial charge in [-0.15, -0.1) is 0 Å². The third-order valence-electron chi connectivity index (χ3n) is 5.97. The van der Waals surface area contributed by atoms with Gasteiger partial charge in [0.15, 0.2) is 6.73 Å². The van der Waals surface area contributed by atoms with E-state index < -0.39 is 0 Å². The van der Waals surface area contributed by atoms with Crippen molar-refractivity contribution in [3.8, 4) is 28.5 Å². The number of likely N-dealkylation sites (N-methyl/N-ethyl adjacent to an activating group) is 2. The lowest BCUT2D eigenvalue weighted by Crippen LogP contribution is -2.25. The van der Waals surface area contributed by atoms with Crippen LogP contribution in [0, 0.1) is 13.8 Å². The van der Waals surface area contributed by atoms with Crippen LogP contribution in [0.25, 0.3) is 22.5 Å². The number of aryl methyl sites for hydroxylation is 2. The summed E-state index contributed by atoms with van der Waals surface area (Å²) < 4.78 is 13.0. The zero-order valence-corrected chi connectivity index (χ0v) is 21.8. The molecule has 0 radical (unpaired) electrons. The zero-order chi connectivity index (χ0) is 26.4. The molecule has 13 nitrogen and oxygen atoms in total. The molecule has 0 unspecified atom stereocenters. The monoisotopic (exact) mass is 509 g/mol. The predicted molar refractivity (Wildman–Crippen MR) is 138 cm³/mol. The molecule has 0 aliphatic heterocycles. The topological polar surface area (TPSA) is 166 Å². The molecule has 198 valence electrons. The Bertz CT molecular complexity index is 1260. The van der Waals surface area contributed by atoms with Gasteiger partial charge in [0.1, 0.15) is 11.5 Å². The molecule has 0 bridgehead atoms. The first-order valence-corrected chi connectivity index (χ1v) is 12.1. The van der Waals surface area contributed by atoms with E-state index in [9.17, 15) is 0 Å². The SMILES string of the molecule is Cc1noc(C)c1-c1nn(COc2ncc(-c3[nH]ncc3CN(C)CCN)cn2)cc1CN(C)CCN. The number of nitrogens with one attached hydrogen (secondary N) is 1. The van der Waals surface area contributed by atoms with Crippen LogP contribution in [-0.4, -0.2) is 85.2 Å². The fraction of sp³-hybridized carbons (Fsp3) is 0.458. The Kier molecular flexibility index (Phi) is 8.61. The number of rotatable bonds is 13. The standard InChI is InChI=1S/C24H35N11O2/c1-16-21(17(2)37-32-16)23-20(13-34(4)8-6-26)14-35(31-23)15-36-24-27-9-18(10-28-24)22-19(11-29-30-22)12-33(3)7-5-25/h9-11,14H,5-8,12-13,15,25-26H2,1-4H3,(H,29,30). The van der Waals surface area contributed by atoms with Crippen molar-refractivity contribution >= 4 is 0 Å². The molecule has 0 aliphatic carbocycles. The fourth-order valence-corrected chi connectivity index (χ4v) is 4.18. The maximum atomic E-state index is 5.85. The van der Waals surface area contributed by atoms with E-state index in [-0.39, 0.29) is 12.7 Å². The minimum Gasteiger partial charge on any atom is -0.440 e. The molecular formula is C24H35N11O2. The van der Waals surface area contributed by atoms with Crippen LogP contribution in [-0.2, 0) is 19.8 Å². The molecule has 4 aromatic rings. The molecule has 5 N–H and O–H groups in total. The third-order valence-corrected chi connectivity index (χ3v) is 5.97. The second kappa shape index (κ2) is 12.1. The highest BCUT2D eigenvalue weighted by molar-refractivity contribution is 5.66. The van der Waals surface area contributed by atoms with Crippen LogP contribution >= 0.6 is 0 Å². The second-order valence-corrected chi connectivity index (χ2v) is 9.09. The van der Waals surface area contributed by atoms with Crippen LogP contribution in [0.1, 0.15) is 22.6 Å². The largest absolute Gasteiger partial charge is 0.440 e. The molecule has 4 heterocycles. The van der Waals surface area contributed by atoms with E-state index in [1.165, 1.54) is 0 Å². The quantitative estimate of drug-likeness (QED) is 0.237. The van der Waals surface area contributed by atoms with Crippen LogP contribution in [0.2, 0.25) is 0 Å². The first kappa shape index (κ1) is 26.4. The molecule has 0 fully saturated rings. The summed E-state index contributed by atoms with van der Waals surface area (Å²) >= 11 is 0.